The Balaban J connectivity index is 5.25. The fourth-order valence-electron chi connectivity index (χ4n) is 11.7. The van der Waals surface area contributed by atoms with Crippen molar-refractivity contribution >= 4 is 39.5 Å². The Kier molecular flexibility index (Phi) is 65.0. The summed E-state index contributed by atoms with van der Waals surface area (Å²) in [7, 11) is -9.92. The molecule has 3 unspecified atom stereocenters. The molecule has 0 spiro atoms. The summed E-state index contributed by atoms with van der Waals surface area (Å²) in [6.07, 6.45) is 51.3. The predicted molar refractivity (Wildman–Crippen MR) is 391 cm³/mol. The van der Waals surface area contributed by atoms with Crippen molar-refractivity contribution in [3.05, 3.63) is 0 Å². The third-order valence-corrected chi connectivity index (χ3v) is 20.1. The van der Waals surface area contributed by atoms with Gasteiger partial charge in [-0.1, -0.05) is 338 Å². The maximum Gasteiger partial charge on any atom is 0.472 e. The van der Waals surface area contributed by atoms with Crippen molar-refractivity contribution in [1.29, 1.82) is 0 Å². The van der Waals surface area contributed by atoms with Crippen molar-refractivity contribution < 1.29 is 80.2 Å². The molecule has 0 fully saturated rings. The maximum absolute atomic E-state index is 13.1. The van der Waals surface area contributed by atoms with Gasteiger partial charge in [0.05, 0.1) is 26.4 Å². The summed E-state index contributed by atoms with van der Waals surface area (Å²) in [5.74, 6) is 0.953. The number of phosphoric ester groups is 2. The predicted octanol–water partition coefficient (Wildman–Crippen LogP) is 22.4. The smallest absolute Gasteiger partial charge is 0.462 e. The second-order valence-electron chi connectivity index (χ2n) is 29.4. The van der Waals surface area contributed by atoms with Crippen LogP contribution in [-0.4, -0.2) is 96.7 Å². The van der Waals surface area contributed by atoms with E-state index < -0.39 is 97.5 Å². The van der Waals surface area contributed by atoms with Crippen LogP contribution in [0.2, 0.25) is 0 Å². The van der Waals surface area contributed by atoms with Gasteiger partial charge in [0.1, 0.15) is 19.3 Å². The summed E-state index contributed by atoms with van der Waals surface area (Å²) in [5, 5.41) is 10.6. The molecule has 570 valence electrons. The zero-order valence-electron chi connectivity index (χ0n) is 63.0. The van der Waals surface area contributed by atoms with Crippen LogP contribution in [0, 0.1) is 23.7 Å². The quantitative estimate of drug-likeness (QED) is 0.0222. The molecule has 0 bridgehead atoms. The molecule has 17 nitrogen and oxygen atoms in total. The van der Waals surface area contributed by atoms with Gasteiger partial charge in [0.2, 0.25) is 0 Å². The topological polar surface area (TPSA) is 237 Å². The first-order valence-corrected chi connectivity index (χ1v) is 42.7. The van der Waals surface area contributed by atoms with Crippen LogP contribution < -0.4 is 0 Å². The monoisotopic (exact) mass is 1410 g/mol. The Labute approximate surface area is 588 Å². The van der Waals surface area contributed by atoms with Gasteiger partial charge in [0.15, 0.2) is 12.2 Å². The second-order valence-corrected chi connectivity index (χ2v) is 32.3. The van der Waals surface area contributed by atoms with Gasteiger partial charge in [-0.05, 0) is 49.4 Å². The van der Waals surface area contributed by atoms with E-state index in [2.05, 4.69) is 55.4 Å². The van der Waals surface area contributed by atoms with Crippen LogP contribution in [0.1, 0.15) is 389 Å². The van der Waals surface area contributed by atoms with Gasteiger partial charge >= 0.3 is 39.5 Å². The lowest BCUT2D eigenvalue weighted by Gasteiger charge is -2.21. The molecule has 0 saturated carbocycles. The number of aliphatic hydroxyl groups excluding tert-OH is 1. The van der Waals surface area contributed by atoms with Crippen molar-refractivity contribution in [3.63, 3.8) is 0 Å². The number of carbonyl (C=O) groups is 4. The third-order valence-electron chi connectivity index (χ3n) is 18.2. The van der Waals surface area contributed by atoms with Gasteiger partial charge in [-0.3, -0.25) is 37.3 Å². The first kappa shape index (κ1) is 94.1. The van der Waals surface area contributed by atoms with Crippen LogP contribution in [0.15, 0.2) is 0 Å². The normalized spacial score (nSPS) is 14.4. The number of phosphoric acid groups is 2. The molecular weight excluding hydrogens is 1260 g/mol. The van der Waals surface area contributed by atoms with Crippen LogP contribution in [-0.2, 0) is 65.4 Å². The standard InChI is InChI=1S/C77H150O17P2/c1-9-70(8)56-48-40-35-36-42-50-58-75(80)88-64-73(94-76(81)59-51-43-33-27-21-13-11-10-12-17-23-29-37-45-53-67(2)3)66-92-96(85,86)90-62-71(78)61-89-95(83,84)91-65-72(93-77(82)60-52-44-34-28-22-16-19-25-31-39-47-55-69(6)7)63-87-74(79)57-49-41-32-26-20-15-14-18-24-30-38-46-54-68(4)5/h67-73,78H,9-66H2,1-8H3,(H,83,84)(H,85,86)/t70?,71-,72-,73-/m1/s1. The van der Waals surface area contributed by atoms with Gasteiger partial charge in [-0.2, -0.15) is 0 Å². The Morgan fingerprint density at radius 2 is 0.500 bits per heavy atom. The molecule has 0 aliphatic carbocycles. The van der Waals surface area contributed by atoms with Crippen molar-refractivity contribution in [3.8, 4) is 0 Å². The number of unbranched alkanes of at least 4 members (excludes halogenated alkanes) is 39. The Hall–Kier alpha value is -1.94. The summed E-state index contributed by atoms with van der Waals surface area (Å²) < 4.78 is 68.6. The molecule has 0 aromatic carbocycles. The SMILES string of the molecule is CCC(C)CCCCCCCCC(=O)OC[C@H](COP(=O)(O)OC[C@H](O)COP(=O)(O)OC[C@@H](COC(=O)CCCCCCCCCCCCCCC(C)C)OC(=O)CCCCCCCCCCCCCC(C)C)OC(=O)CCCCCCCCCCCCCCCCC(C)C. The highest BCUT2D eigenvalue weighted by atomic mass is 31.2. The molecule has 3 N–H and O–H groups in total. The average molecular weight is 1410 g/mol. The first-order valence-electron chi connectivity index (χ1n) is 39.7. The molecule has 0 aromatic rings. The van der Waals surface area contributed by atoms with Crippen LogP contribution in [0.5, 0.6) is 0 Å². The minimum Gasteiger partial charge on any atom is -0.462 e. The van der Waals surface area contributed by atoms with Crippen LogP contribution >= 0.6 is 15.6 Å². The van der Waals surface area contributed by atoms with E-state index in [1.54, 1.807) is 0 Å². The zero-order chi connectivity index (χ0) is 71.0. The summed E-state index contributed by atoms with van der Waals surface area (Å²) in [4.78, 5) is 72.9. The van der Waals surface area contributed by atoms with Gasteiger partial charge in [0, 0.05) is 25.7 Å². The number of hydrogen-bond acceptors (Lipinski definition) is 15. The van der Waals surface area contributed by atoms with E-state index in [0.29, 0.717) is 25.7 Å². The highest BCUT2D eigenvalue weighted by molar-refractivity contribution is 7.47. The highest BCUT2D eigenvalue weighted by Gasteiger charge is 2.30. The minimum absolute atomic E-state index is 0.106. The van der Waals surface area contributed by atoms with E-state index in [1.807, 2.05) is 0 Å². The van der Waals surface area contributed by atoms with Crippen LogP contribution in [0.3, 0.4) is 0 Å². The number of ether oxygens (including phenoxy) is 4. The molecular formula is C77H150O17P2. The van der Waals surface area contributed by atoms with Crippen molar-refractivity contribution in [2.24, 2.45) is 23.7 Å². The Morgan fingerprint density at radius 1 is 0.292 bits per heavy atom. The lowest BCUT2D eigenvalue weighted by atomic mass is 10.00. The molecule has 19 heteroatoms. The van der Waals surface area contributed by atoms with E-state index in [0.717, 1.165) is 120 Å². The van der Waals surface area contributed by atoms with E-state index in [9.17, 15) is 43.2 Å². The molecule has 0 radical (unpaired) electrons. The lowest BCUT2D eigenvalue weighted by molar-refractivity contribution is -0.161. The molecule has 0 aromatic heterocycles. The van der Waals surface area contributed by atoms with Crippen molar-refractivity contribution in [1.82, 2.24) is 0 Å². The van der Waals surface area contributed by atoms with E-state index in [-0.39, 0.29) is 25.7 Å². The summed E-state index contributed by atoms with van der Waals surface area (Å²) in [6.45, 7) is 14.2. The van der Waals surface area contributed by atoms with Gasteiger partial charge in [-0.25, -0.2) is 9.13 Å². The Bertz CT molecular complexity index is 1890. The minimum atomic E-state index is -4.96. The Morgan fingerprint density at radius 3 is 0.740 bits per heavy atom. The number of aliphatic hydroxyl groups is 1. The zero-order valence-corrected chi connectivity index (χ0v) is 64.8. The summed E-state index contributed by atoms with van der Waals surface area (Å²) in [6, 6.07) is 0. The number of esters is 4. The highest BCUT2D eigenvalue weighted by Crippen LogP contribution is 2.45. The van der Waals surface area contributed by atoms with Gasteiger partial charge in [0.25, 0.3) is 0 Å². The molecule has 0 saturated heterocycles. The summed E-state index contributed by atoms with van der Waals surface area (Å²) in [5.41, 5.74) is 0. The van der Waals surface area contributed by atoms with E-state index in [1.165, 1.54) is 186 Å². The molecule has 6 atom stereocenters. The molecule has 0 aliphatic rings. The molecule has 0 aliphatic heterocycles. The number of rotatable bonds is 74. The van der Waals surface area contributed by atoms with Crippen LogP contribution in [0.25, 0.3) is 0 Å². The largest absolute Gasteiger partial charge is 0.472 e. The number of hydrogen-bond donors (Lipinski definition) is 3. The van der Waals surface area contributed by atoms with E-state index >= 15 is 0 Å². The summed E-state index contributed by atoms with van der Waals surface area (Å²) >= 11 is 0. The molecule has 0 rings (SSSR count). The second kappa shape index (κ2) is 66.3. The number of carbonyl (C=O) groups excluding carboxylic acids is 4. The molecule has 0 heterocycles. The molecule has 96 heavy (non-hydrogen) atoms. The fraction of sp³-hybridized carbons (Fsp3) is 0.948. The van der Waals surface area contributed by atoms with E-state index in [4.69, 9.17) is 37.0 Å². The average Bonchev–Trinajstić information content (AvgIpc) is 1.97. The third kappa shape index (κ3) is 69.2. The van der Waals surface area contributed by atoms with Gasteiger partial charge < -0.3 is 33.8 Å². The lowest BCUT2D eigenvalue weighted by Crippen LogP contribution is -2.30. The van der Waals surface area contributed by atoms with Crippen LogP contribution in [0.4, 0.5) is 0 Å². The van der Waals surface area contributed by atoms with Crippen molar-refractivity contribution in [2.75, 3.05) is 39.6 Å². The van der Waals surface area contributed by atoms with Gasteiger partial charge in [-0.15, -0.1) is 0 Å². The maximum atomic E-state index is 13.1. The first-order chi connectivity index (χ1) is 46.1. The molecule has 0 amide bonds. The van der Waals surface area contributed by atoms with Crippen molar-refractivity contribution in [2.45, 2.75) is 408 Å². The fourth-order valence-corrected chi connectivity index (χ4v) is 13.3.